The fourth-order valence-electron chi connectivity index (χ4n) is 6.95. The second-order valence-corrected chi connectivity index (χ2v) is 21.2. The Morgan fingerprint density at radius 2 is 1.66 bits per heavy atom. The molecule has 2 fully saturated rings. The van der Waals surface area contributed by atoms with Crippen molar-refractivity contribution in [1.29, 1.82) is 0 Å². The van der Waals surface area contributed by atoms with Gasteiger partial charge in [-0.05, 0) is 79.6 Å². The van der Waals surface area contributed by atoms with Crippen LogP contribution in [0.5, 0.6) is 0 Å². The minimum absolute atomic E-state index is 0.0554. The Morgan fingerprint density at radius 1 is 1.06 bits per heavy atom. The third-order valence-corrected chi connectivity index (χ3v) is 15.1. The molecule has 2 aliphatic heterocycles. The fourth-order valence-corrected chi connectivity index (χ4v) is 8.37. The molecule has 2 saturated heterocycles. The van der Waals surface area contributed by atoms with E-state index in [-0.39, 0.29) is 41.2 Å². The first-order valence-corrected chi connectivity index (χ1v) is 20.9. The molecule has 0 bridgehead atoms. The van der Waals surface area contributed by atoms with E-state index in [0.29, 0.717) is 31.5 Å². The molecule has 3 rings (SSSR count). The largest absolute Gasteiger partial charge is 0.469 e. The average Bonchev–Trinajstić information content (AvgIpc) is 2.98. The number of aliphatic hydroxyl groups is 1. The van der Waals surface area contributed by atoms with Crippen molar-refractivity contribution in [3.05, 3.63) is 47.5 Å². The smallest absolute Gasteiger partial charge is 0.305 e. The first kappa shape index (κ1) is 39.9. The van der Waals surface area contributed by atoms with E-state index in [4.69, 9.17) is 23.4 Å². The monoisotopic (exact) mass is 674 g/mol. The number of esters is 1. The Morgan fingerprint density at radius 3 is 2.26 bits per heavy atom. The summed E-state index contributed by atoms with van der Waals surface area (Å²) < 4.78 is 32.3. The standard InChI is InChI=1S/C39H66O7Si/c1-27(22-35(40)42-9)16-15-17-30(4)36(41)33-20-28(2)23-39(44-33)24-29(3)21-34(45-39)37(46-47(10,11)38(6,7)8)31(5)25-43-26-32-18-13-12-14-19-32/h12-14,17-19,27-29,31,33-34,36-37,41H,15-16,20-26H2,1-11H3/b30-17+/t27-,28+,29-,31-,33-,34-,36+,37-,39-/m0/s1. The van der Waals surface area contributed by atoms with Crippen molar-refractivity contribution in [3.8, 4) is 0 Å². The highest BCUT2D eigenvalue weighted by Crippen LogP contribution is 2.47. The number of aliphatic hydroxyl groups excluding tert-OH is 1. The molecule has 268 valence electrons. The molecule has 0 amide bonds. The highest BCUT2D eigenvalue weighted by molar-refractivity contribution is 6.74. The molecule has 0 aliphatic carbocycles. The molecular weight excluding hydrogens is 609 g/mol. The van der Waals surface area contributed by atoms with Crippen molar-refractivity contribution in [3.63, 3.8) is 0 Å². The van der Waals surface area contributed by atoms with Gasteiger partial charge >= 0.3 is 5.97 Å². The molecule has 1 N–H and O–H groups in total. The van der Waals surface area contributed by atoms with E-state index in [2.05, 4.69) is 79.8 Å². The van der Waals surface area contributed by atoms with Gasteiger partial charge in [-0.2, -0.15) is 0 Å². The normalized spacial score (nSPS) is 28.5. The number of allylic oxidation sites excluding steroid dienone is 1. The number of carbonyl (C=O) groups is 1. The summed E-state index contributed by atoms with van der Waals surface area (Å²) in [6.07, 6.45) is 6.11. The summed E-state index contributed by atoms with van der Waals surface area (Å²) in [4.78, 5) is 11.6. The van der Waals surface area contributed by atoms with Crippen LogP contribution in [0, 0.1) is 23.7 Å². The summed E-state index contributed by atoms with van der Waals surface area (Å²) in [6, 6.07) is 10.3. The van der Waals surface area contributed by atoms with Crippen molar-refractivity contribution < 1.29 is 33.3 Å². The fraction of sp³-hybridized carbons (Fsp3) is 0.769. The van der Waals surface area contributed by atoms with Gasteiger partial charge in [0.1, 0.15) is 6.10 Å². The third kappa shape index (κ3) is 11.8. The van der Waals surface area contributed by atoms with Gasteiger partial charge in [-0.3, -0.25) is 4.79 Å². The summed E-state index contributed by atoms with van der Waals surface area (Å²) in [6.45, 7) is 23.5. The summed E-state index contributed by atoms with van der Waals surface area (Å²) in [5.74, 6) is 0.120. The Kier molecular flexibility index (Phi) is 14.8. The van der Waals surface area contributed by atoms with E-state index in [0.717, 1.165) is 49.7 Å². The number of hydrogen-bond donors (Lipinski definition) is 1. The van der Waals surface area contributed by atoms with Gasteiger partial charge in [-0.1, -0.05) is 84.9 Å². The topological polar surface area (TPSA) is 83.5 Å². The number of methoxy groups -OCH3 is 1. The summed E-state index contributed by atoms with van der Waals surface area (Å²) in [5.41, 5.74) is 2.07. The van der Waals surface area contributed by atoms with Gasteiger partial charge in [0.25, 0.3) is 0 Å². The van der Waals surface area contributed by atoms with Crippen LogP contribution in [0.4, 0.5) is 0 Å². The molecule has 0 radical (unpaired) electrons. The molecule has 0 aromatic heterocycles. The van der Waals surface area contributed by atoms with Crippen molar-refractivity contribution >= 4 is 14.3 Å². The number of carbonyl (C=O) groups excluding carboxylic acids is 1. The van der Waals surface area contributed by atoms with Crippen LogP contribution in [0.15, 0.2) is 42.0 Å². The zero-order valence-electron chi connectivity index (χ0n) is 31.3. The molecule has 7 nitrogen and oxygen atoms in total. The molecule has 1 spiro atoms. The average molecular weight is 675 g/mol. The highest BCUT2D eigenvalue weighted by Gasteiger charge is 2.51. The van der Waals surface area contributed by atoms with E-state index >= 15 is 0 Å². The molecule has 8 heteroatoms. The minimum atomic E-state index is -2.14. The van der Waals surface area contributed by atoms with Crippen LogP contribution in [0.1, 0.15) is 106 Å². The quantitative estimate of drug-likeness (QED) is 0.113. The van der Waals surface area contributed by atoms with Crippen molar-refractivity contribution in [1.82, 2.24) is 0 Å². The zero-order chi connectivity index (χ0) is 35.0. The molecule has 9 atom stereocenters. The number of ether oxygens (including phenoxy) is 4. The van der Waals surface area contributed by atoms with Crippen molar-refractivity contribution in [2.24, 2.45) is 23.7 Å². The Hall–Kier alpha value is -1.55. The predicted octanol–water partition coefficient (Wildman–Crippen LogP) is 8.84. The van der Waals surface area contributed by atoms with Crippen LogP contribution in [0.3, 0.4) is 0 Å². The lowest BCUT2D eigenvalue weighted by atomic mass is 9.80. The van der Waals surface area contributed by atoms with Gasteiger partial charge in [-0.15, -0.1) is 0 Å². The summed E-state index contributed by atoms with van der Waals surface area (Å²) in [7, 11) is -0.716. The highest BCUT2D eigenvalue weighted by atomic mass is 28.4. The molecule has 2 aliphatic rings. The SMILES string of the molecule is COC(=O)C[C@@H](C)CC/C=C(\C)[C@@H](O)[C@@H]1C[C@@H](C)C[C@]2(C[C@@H](C)C[C@@H]([C@@H](O[Si](C)(C)C(C)(C)C)[C@@H](C)COCc3ccccc3)O2)O1. The second kappa shape index (κ2) is 17.4. The molecule has 0 unspecified atom stereocenters. The zero-order valence-corrected chi connectivity index (χ0v) is 32.3. The van der Waals surface area contributed by atoms with Crippen LogP contribution in [-0.4, -0.2) is 63.3 Å². The van der Waals surface area contributed by atoms with Gasteiger partial charge in [0, 0.05) is 25.2 Å². The van der Waals surface area contributed by atoms with Gasteiger partial charge in [0.2, 0.25) is 0 Å². The molecule has 0 saturated carbocycles. The van der Waals surface area contributed by atoms with Gasteiger partial charge in [-0.25, -0.2) is 0 Å². The predicted molar refractivity (Wildman–Crippen MR) is 191 cm³/mol. The van der Waals surface area contributed by atoms with E-state index < -0.39 is 20.2 Å². The maximum atomic E-state index is 11.6. The Labute approximate surface area is 287 Å². The maximum Gasteiger partial charge on any atom is 0.305 e. The third-order valence-electron chi connectivity index (χ3n) is 10.7. The van der Waals surface area contributed by atoms with E-state index in [9.17, 15) is 9.90 Å². The number of rotatable bonds is 15. The van der Waals surface area contributed by atoms with Gasteiger partial charge in [0.05, 0.1) is 38.6 Å². The number of benzene rings is 1. The molecule has 47 heavy (non-hydrogen) atoms. The van der Waals surface area contributed by atoms with Crippen LogP contribution >= 0.6 is 0 Å². The Balaban J connectivity index is 1.77. The second-order valence-electron chi connectivity index (χ2n) is 16.5. The van der Waals surface area contributed by atoms with Gasteiger partial charge < -0.3 is 28.5 Å². The van der Waals surface area contributed by atoms with E-state index in [1.165, 1.54) is 7.11 Å². The molecule has 1 aromatic rings. The Bertz CT molecular complexity index is 1130. The van der Waals surface area contributed by atoms with Crippen LogP contribution in [0.25, 0.3) is 0 Å². The van der Waals surface area contributed by atoms with Crippen LogP contribution in [0.2, 0.25) is 18.1 Å². The van der Waals surface area contributed by atoms with E-state index in [1.807, 2.05) is 25.1 Å². The summed E-state index contributed by atoms with van der Waals surface area (Å²) in [5, 5.41) is 11.6. The molecular formula is C39H66O7Si. The lowest BCUT2D eigenvalue weighted by molar-refractivity contribution is -0.346. The van der Waals surface area contributed by atoms with Gasteiger partial charge in [0.15, 0.2) is 14.1 Å². The minimum Gasteiger partial charge on any atom is -0.469 e. The van der Waals surface area contributed by atoms with Crippen LogP contribution in [-0.2, 0) is 34.8 Å². The van der Waals surface area contributed by atoms with Crippen molar-refractivity contribution in [2.45, 2.75) is 155 Å². The first-order valence-electron chi connectivity index (χ1n) is 18.0. The number of hydrogen-bond acceptors (Lipinski definition) is 7. The van der Waals surface area contributed by atoms with Crippen molar-refractivity contribution in [2.75, 3.05) is 13.7 Å². The first-order chi connectivity index (χ1) is 21.9. The van der Waals surface area contributed by atoms with E-state index in [1.54, 1.807) is 0 Å². The molecule has 1 aromatic carbocycles. The van der Waals surface area contributed by atoms with Crippen LogP contribution < -0.4 is 0 Å². The lowest BCUT2D eigenvalue weighted by Crippen LogP contribution is -2.58. The lowest BCUT2D eigenvalue weighted by Gasteiger charge is -2.53. The summed E-state index contributed by atoms with van der Waals surface area (Å²) >= 11 is 0. The maximum absolute atomic E-state index is 11.6. The molecule has 2 heterocycles.